The molecule has 2 aromatic carbocycles. The average molecular weight is 382 g/mol. The largest absolute Gasteiger partial charge is 0.508 e. The zero-order chi connectivity index (χ0) is 20.1. The van der Waals surface area contributed by atoms with E-state index < -0.39 is 0 Å². The number of carbonyl (C=O) groups excluding carboxylic acids is 2. The number of aromatic hydroxyl groups is 2. The second-order valence-corrected chi connectivity index (χ2v) is 7.15. The summed E-state index contributed by atoms with van der Waals surface area (Å²) < 4.78 is 0. The molecule has 28 heavy (non-hydrogen) atoms. The number of amides is 2. The Bertz CT molecular complexity index is 852. The summed E-state index contributed by atoms with van der Waals surface area (Å²) in [4.78, 5) is 28.2. The van der Waals surface area contributed by atoms with Crippen LogP contribution < -0.4 is 0 Å². The van der Waals surface area contributed by atoms with Gasteiger partial charge in [-0.1, -0.05) is 30.3 Å². The van der Waals surface area contributed by atoms with Crippen LogP contribution in [0.2, 0.25) is 0 Å². The van der Waals surface area contributed by atoms with E-state index in [1.165, 1.54) is 0 Å². The molecule has 0 spiro atoms. The molecule has 1 atom stereocenters. The van der Waals surface area contributed by atoms with E-state index in [0.717, 1.165) is 12.0 Å². The molecular formula is C22H26N2O4. The second-order valence-electron chi connectivity index (χ2n) is 7.15. The van der Waals surface area contributed by atoms with Crippen molar-refractivity contribution in [2.24, 2.45) is 0 Å². The number of carbonyl (C=O) groups is 2. The molecule has 2 aromatic rings. The van der Waals surface area contributed by atoms with Gasteiger partial charge in [-0.25, -0.2) is 0 Å². The highest BCUT2D eigenvalue weighted by molar-refractivity contribution is 5.78. The molecule has 1 aliphatic rings. The van der Waals surface area contributed by atoms with Crippen LogP contribution in [0, 0.1) is 0 Å². The lowest BCUT2D eigenvalue weighted by Crippen LogP contribution is -2.37. The Balaban J connectivity index is 1.82. The maximum absolute atomic E-state index is 13.1. The van der Waals surface area contributed by atoms with Crippen LogP contribution in [0.4, 0.5) is 0 Å². The van der Waals surface area contributed by atoms with E-state index in [0.29, 0.717) is 31.7 Å². The van der Waals surface area contributed by atoms with Crippen LogP contribution in [0.1, 0.15) is 36.8 Å². The third-order valence-corrected chi connectivity index (χ3v) is 5.26. The van der Waals surface area contributed by atoms with Gasteiger partial charge in [0.15, 0.2) is 0 Å². The van der Waals surface area contributed by atoms with Crippen molar-refractivity contribution in [1.29, 1.82) is 0 Å². The Morgan fingerprint density at radius 3 is 2.39 bits per heavy atom. The topological polar surface area (TPSA) is 81.1 Å². The van der Waals surface area contributed by atoms with Crippen LogP contribution in [-0.4, -0.2) is 58.0 Å². The summed E-state index contributed by atoms with van der Waals surface area (Å²) in [6, 6.07) is 13.8. The first-order valence-electron chi connectivity index (χ1n) is 9.56. The minimum absolute atomic E-state index is 0.0259. The maximum atomic E-state index is 13.1. The molecule has 1 heterocycles. The molecule has 0 aliphatic carbocycles. The summed E-state index contributed by atoms with van der Waals surface area (Å²) in [7, 11) is 0. The molecule has 0 aromatic heterocycles. The molecule has 0 radical (unpaired) electrons. The Morgan fingerprint density at radius 1 is 0.964 bits per heavy atom. The molecule has 0 unspecified atom stereocenters. The van der Waals surface area contributed by atoms with Crippen molar-refractivity contribution < 1.29 is 19.8 Å². The second kappa shape index (κ2) is 8.78. The van der Waals surface area contributed by atoms with Gasteiger partial charge < -0.3 is 20.0 Å². The summed E-state index contributed by atoms with van der Waals surface area (Å²) in [6.45, 7) is 3.86. The van der Waals surface area contributed by atoms with Crippen LogP contribution >= 0.6 is 0 Å². The number of nitrogens with zero attached hydrogens (tertiary/aromatic N) is 2. The molecule has 1 aliphatic heterocycles. The number of rotatable bonds is 4. The summed E-state index contributed by atoms with van der Waals surface area (Å²) in [5.74, 6) is -0.115. The zero-order valence-corrected chi connectivity index (χ0v) is 16.0. The molecule has 3 rings (SSSR count). The molecule has 2 amide bonds. The van der Waals surface area contributed by atoms with E-state index >= 15 is 0 Å². The predicted octanol–water partition coefficient (Wildman–Crippen LogP) is 2.70. The van der Waals surface area contributed by atoms with Gasteiger partial charge >= 0.3 is 0 Å². The van der Waals surface area contributed by atoms with Crippen LogP contribution in [0.3, 0.4) is 0 Å². The smallest absolute Gasteiger partial charge is 0.223 e. The third kappa shape index (κ3) is 4.63. The summed E-state index contributed by atoms with van der Waals surface area (Å²) in [5, 5.41) is 20.2. The molecule has 2 N–H and O–H groups in total. The van der Waals surface area contributed by atoms with Gasteiger partial charge in [-0.05, 0) is 30.2 Å². The Labute approximate surface area is 165 Å². The van der Waals surface area contributed by atoms with Crippen LogP contribution in [0.15, 0.2) is 48.5 Å². The summed E-state index contributed by atoms with van der Waals surface area (Å²) >= 11 is 0. The van der Waals surface area contributed by atoms with Crippen LogP contribution in [0.25, 0.3) is 0 Å². The van der Waals surface area contributed by atoms with Gasteiger partial charge in [0.2, 0.25) is 11.8 Å². The SMILES string of the molecule is CC(=O)N1CCCN(C(=O)C[C@H](c2cccc(O)c2)c2ccccc2O)CC1. The van der Waals surface area contributed by atoms with E-state index in [9.17, 15) is 19.8 Å². The first-order chi connectivity index (χ1) is 13.5. The van der Waals surface area contributed by atoms with Crippen molar-refractivity contribution in [2.45, 2.75) is 25.7 Å². The fourth-order valence-electron chi connectivity index (χ4n) is 3.72. The highest BCUT2D eigenvalue weighted by Crippen LogP contribution is 2.35. The number of phenols is 2. The number of hydrogen-bond donors (Lipinski definition) is 2. The minimum Gasteiger partial charge on any atom is -0.508 e. The normalized spacial score (nSPS) is 15.8. The van der Waals surface area contributed by atoms with Crippen molar-refractivity contribution in [3.63, 3.8) is 0 Å². The molecule has 148 valence electrons. The van der Waals surface area contributed by atoms with Crippen molar-refractivity contribution >= 4 is 11.8 Å². The van der Waals surface area contributed by atoms with Crippen molar-refractivity contribution in [2.75, 3.05) is 26.2 Å². The van der Waals surface area contributed by atoms with Gasteiger partial charge in [0.05, 0.1) is 0 Å². The van der Waals surface area contributed by atoms with E-state index in [1.54, 1.807) is 53.1 Å². The quantitative estimate of drug-likeness (QED) is 0.852. The van der Waals surface area contributed by atoms with Gasteiger partial charge in [-0.3, -0.25) is 9.59 Å². The van der Waals surface area contributed by atoms with Crippen molar-refractivity contribution in [3.05, 3.63) is 59.7 Å². The lowest BCUT2D eigenvalue weighted by molar-refractivity contribution is -0.132. The van der Waals surface area contributed by atoms with E-state index in [2.05, 4.69) is 0 Å². The van der Waals surface area contributed by atoms with Gasteiger partial charge in [-0.2, -0.15) is 0 Å². The fraction of sp³-hybridized carbons (Fsp3) is 0.364. The molecule has 0 saturated carbocycles. The standard InChI is InChI=1S/C22H26N2O4/c1-16(25)23-10-5-11-24(13-12-23)22(28)15-20(17-6-4-7-18(26)14-17)19-8-2-3-9-21(19)27/h2-4,6-9,14,20,26-27H,5,10-13,15H2,1H3/t20-/m1/s1. The maximum Gasteiger partial charge on any atom is 0.223 e. The predicted molar refractivity (Wildman–Crippen MR) is 106 cm³/mol. The highest BCUT2D eigenvalue weighted by Gasteiger charge is 2.26. The lowest BCUT2D eigenvalue weighted by Gasteiger charge is -2.25. The molecule has 6 nitrogen and oxygen atoms in total. The first-order valence-corrected chi connectivity index (χ1v) is 9.56. The monoisotopic (exact) mass is 382 g/mol. The van der Waals surface area contributed by atoms with Crippen molar-refractivity contribution in [3.8, 4) is 11.5 Å². The number of benzene rings is 2. The van der Waals surface area contributed by atoms with E-state index in [1.807, 2.05) is 12.1 Å². The molecule has 0 bridgehead atoms. The Kier molecular flexibility index (Phi) is 6.19. The Hall–Kier alpha value is -3.02. The highest BCUT2D eigenvalue weighted by atomic mass is 16.3. The molecular weight excluding hydrogens is 356 g/mol. The number of hydrogen-bond acceptors (Lipinski definition) is 4. The van der Waals surface area contributed by atoms with E-state index in [-0.39, 0.29) is 35.7 Å². The summed E-state index contributed by atoms with van der Waals surface area (Å²) in [6.07, 6.45) is 0.930. The van der Waals surface area contributed by atoms with Gasteiger partial charge in [0.1, 0.15) is 11.5 Å². The first kappa shape index (κ1) is 19.7. The summed E-state index contributed by atoms with van der Waals surface area (Å²) in [5.41, 5.74) is 1.43. The van der Waals surface area contributed by atoms with Gasteiger partial charge in [-0.15, -0.1) is 0 Å². The molecule has 1 fully saturated rings. The lowest BCUT2D eigenvalue weighted by atomic mass is 9.87. The zero-order valence-electron chi connectivity index (χ0n) is 16.0. The molecule has 1 saturated heterocycles. The van der Waals surface area contributed by atoms with E-state index in [4.69, 9.17) is 0 Å². The third-order valence-electron chi connectivity index (χ3n) is 5.26. The molecule has 6 heteroatoms. The number of phenolic OH excluding ortho intramolecular Hbond substituents is 2. The number of para-hydroxylation sites is 1. The van der Waals surface area contributed by atoms with Gasteiger partial charge in [0, 0.05) is 51.0 Å². The van der Waals surface area contributed by atoms with Gasteiger partial charge in [0.25, 0.3) is 0 Å². The van der Waals surface area contributed by atoms with Crippen LogP contribution in [-0.2, 0) is 9.59 Å². The van der Waals surface area contributed by atoms with Crippen LogP contribution in [0.5, 0.6) is 11.5 Å². The fourth-order valence-corrected chi connectivity index (χ4v) is 3.72. The Morgan fingerprint density at radius 2 is 1.68 bits per heavy atom. The minimum atomic E-state index is -0.368. The average Bonchev–Trinajstić information content (AvgIpc) is 2.93. The van der Waals surface area contributed by atoms with Crippen molar-refractivity contribution in [1.82, 2.24) is 9.80 Å².